The molecule has 9 heteroatoms. The maximum Gasteiger partial charge on any atom is 0.416 e. The van der Waals surface area contributed by atoms with E-state index in [2.05, 4.69) is 15.0 Å². The Morgan fingerprint density at radius 2 is 1.94 bits per heavy atom. The number of likely N-dealkylation sites (tertiary alicyclic amines) is 1. The highest BCUT2D eigenvalue weighted by Crippen LogP contribution is 2.38. The molecule has 32 heavy (non-hydrogen) atoms. The molecular formula is C23H22F3N5O. The van der Waals surface area contributed by atoms with Gasteiger partial charge in [0.2, 0.25) is 11.9 Å². The van der Waals surface area contributed by atoms with Crippen molar-refractivity contribution in [3.63, 3.8) is 0 Å². The number of benzene rings is 1. The van der Waals surface area contributed by atoms with Crippen molar-refractivity contribution < 1.29 is 18.0 Å². The van der Waals surface area contributed by atoms with E-state index in [1.807, 2.05) is 0 Å². The molecule has 166 valence electrons. The monoisotopic (exact) mass is 441 g/mol. The number of rotatable bonds is 4. The number of carbonyl (C=O) groups is 1. The van der Waals surface area contributed by atoms with Gasteiger partial charge in [0.25, 0.3) is 0 Å². The quantitative estimate of drug-likeness (QED) is 0.647. The summed E-state index contributed by atoms with van der Waals surface area (Å²) in [5.74, 6) is -0.0593. The first kappa shape index (κ1) is 21.7. The van der Waals surface area contributed by atoms with Gasteiger partial charge in [-0.05, 0) is 54.7 Å². The largest absolute Gasteiger partial charge is 0.416 e. The van der Waals surface area contributed by atoms with Crippen LogP contribution in [-0.2, 0) is 17.4 Å². The van der Waals surface area contributed by atoms with Gasteiger partial charge in [0, 0.05) is 30.7 Å². The molecule has 4 rings (SSSR count). The predicted octanol–water partition coefficient (Wildman–Crippen LogP) is 4.44. The summed E-state index contributed by atoms with van der Waals surface area (Å²) in [7, 11) is 0. The van der Waals surface area contributed by atoms with Gasteiger partial charge in [-0.1, -0.05) is 12.1 Å². The van der Waals surface area contributed by atoms with E-state index >= 15 is 0 Å². The van der Waals surface area contributed by atoms with Gasteiger partial charge in [0.05, 0.1) is 23.7 Å². The number of carbonyl (C=O) groups excluding carboxylic acids is 1. The minimum atomic E-state index is -4.47. The van der Waals surface area contributed by atoms with Crippen molar-refractivity contribution in [2.45, 2.75) is 37.9 Å². The normalized spacial score (nSPS) is 16.7. The van der Waals surface area contributed by atoms with E-state index in [1.54, 1.807) is 35.5 Å². The molecule has 0 saturated carbocycles. The molecule has 1 aliphatic rings. The van der Waals surface area contributed by atoms with Crippen LogP contribution >= 0.6 is 0 Å². The zero-order valence-electron chi connectivity index (χ0n) is 17.2. The molecule has 1 aromatic carbocycles. The van der Waals surface area contributed by atoms with Gasteiger partial charge in [0.1, 0.15) is 0 Å². The average Bonchev–Trinajstić information content (AvgIpc) is 2.79. The summed E-state index contributed by atoms with van der Waals surface area (Å²) in [5.41, 5.74) is 7.18. The topological polar surface area (TPSA) is 85.0 Å². The Kier molecular flexibility index (Phi) is 6.07. The molecular weight excluding hydrogens is 419 g/mol. The Morgan fingerprint density at radius 3 is 2.69 bits per heavy atom. The highest BCUT2D eigenvalue weighted by Gasteiger charge is 2.33. The highest BCUT2D eigenvalue weighted by atomic mass is 19.4. The van der Waals surface area contributed by atoms with Crippen molar-refractivity contribution in [3.8, 4) is 11.1 Å². The van der Waals surface area contributed by atoms with Crippen molar-refractivity contribution in [1.29, 1.82) is 0 Å². The van der Waals surface area contributed by atoms with Crippen LogP contribution in [0.15, 0.2) is 55.0 Å². The van der Waals surface area contributed by atoms with E-state index in [0.717, 1.165) is 30.5 Å². The first-order chi connectivity index (χ1) is 15.3. The Bertz CT molecular complexity index is 1100. The number of hydrogen-bond acceptors (Lipinski definition) is 5. The zero-order valence-corrected chi connectivity index (χ0v) is 17.2. The van der Waals surface area contributed by atoms with Gasteiger partial charge >= 0.3 is 6.18 Å². The summed E-state index contributed by atoms with van der Waals surface area (Å²) >= 11 is 0. The standard InChI is InChI=1S/C23H22F3N5O/c24-23(25,26)17-5-3-4-16(13-17)18-14-29-22(27)30-21(18)19-6-1-2-11-31(19)20(32)12-15-7-9-28-10-8-15/h3-5,7-10,13-14,19H,1-2,6,11-12H2,(H2,27,29,30)/t19-/m0/s1. The summed E-state index contributed by atoms with van der Waals surface area (Å²) < 4.78 is 39.8. The van der Waals surface area contributed by atoms with Gasteiger partial charge < -0.3 is 10.6 Å². The number of aromatic nitrogens is 3. The number of alkyl halides is 3. The summed E-state index contributed by atoms with van der Waals surface area (Å²) in [6, 6.07) is 8.20. The van der Waals surface area contributed by atoms with Crippen molar-refractivity contribution in [2.24, 2.45) is 0 Å². The molecule has 0 bridgehead atoms. The second kappa shape index (κ2) is 8.94. The Balaban J connectivity index is 1.72. The number of anilines is 1. The molecule has 1 atom stereocenters. The third-order valence-electron chi connectivity index (χ3n) is 5.58. The predicted molar refractivity (Wildman–Crippen MR) is 113 cm³/mol. The van der Waals surface area contributed by atoms with Crippen LogP contribution in [0.4, 0.5) is 19.1 Å². The lowest BCUT2D eigenvalue weighted by Gasteiger charge is -2.36. The summed E-state index contributed by atoms with van der Waals surface area (Å²) in [4.78, 5) is 27.3. The molecule has 1 amide bonds. The first-order valence-electron chi connectivity index (χ1n) is 10.3. The van der Waals surface area contributed by atoms with Crippen LogP contribution in [0.5, 0.6) is 0 Å². The van der Waals surface area contributed by atoms with Gasteiger partial charge in [-0.25, -0.2) is 9.97 Å². The molecule has 3 heterocycles. The van der Waals surface area contributed by atoms with Gasteiger partial charge in [-0.2, -0.15) is 13.2 Å². The molecule has 1 aliphatic heterocycles. The van der Waals surface area contributed by atoms with Crippen LogP contribution < -0.4 is 5.73 Å². The van der Waals surface area contributed by atoms with Gasteiger partial charge in [-0.3, -0.25) is 9.78 Å². The van der Waals surface area contributed by atoms with E-state index < -0.39 is 17.8 Å². The van der Waals surface area contributed by atoms with E-state index in [4.69, 9.17) is 5.73 Å². The Morgan fingerprint density at radius 1 is 1.16 bits per heavy atom. The van der Waals surface area contributed by atoms with E-state index in [-0.39, 0.29) is 18.3 Å². The Labute approximate surface area is 183 Å². The molecule has 0 spiro atoms. The van der Waals surface area contributed by atoms with Crippen LogP contribution in [0, 0.1) is 0 Å². The fourth-order valence-electron chi connectivity index (χ4n) is 4.04. The molecule has 0 aliphatic carbocycles. The lowest BCUT2D eigenvalue weighted by Crippen LogP contribution is -2.40. The van der Waals surface area contributed by atoms with Crippen LogP contribution in [0.3, 0.4) is 0 Å². The van der Waals surface area contributed by atoms with Crippen molar-refractivity contribution in [1.82, 2.24) is 19.9 Å². The maximum atomic E-state index is 13.3. The fraction of sp³-hybridized carbons (Fsp3) is 0.304. The smallest absolute Gasteiger partial charge is 0.368 e. The molecule has 0 radical (unpaired) electrons. The van der Waals surface area contributed by atoms with Crippen LogP contribution in [0.1, 0.15) is 42.1 Å². The molecule has 2 aromatic heterocycles. The number of amides is 1. The van der Waals surface area contributed by atoms with E-state index in [0.29, 0.717) is 29.8 Å². The lowest BCUT2D eigenvalue weighted by molar-refractivity contribution is -0.137. The summed E-state index contributed by atoms with van der Waals surface area (Å²) in [5, 5.41) is 0. The molecule has 0 unspecified atom stereocenters. The SMILES string of the molecule is Nc1ncc(-c2cccc(C(F)(F)F)c2)c([C@@H]2CCCCN2C(=O)Cc2ccncc2)n1. The second-order valence-electron chi connectivity index (χ2n) is 7.74. The number of piperidine rings is 1. The minimum absolute atomic E-state index is 0.0165. The third-order valence-corrected chi connectivity index (χ3v) is 5.58. The number of nitrogens with zero attached hydrogens (tertiary/aromatic N) is 4. The van der Waals surface area contributed by atoms with E-state index in [1.165, 1.54) is 12.3 Å². The maximum absolute atomic E-state index is 13.3. The molecule has 2 N–H and O–H groups in total. The minimum Gasteiger partial charge on any atom is -0.368 e. The van der Waals surface area contributed by atoms with Crippen LogP contribution in [0.2, 0.25) is 0 Å². The number of hydrogen-bond donors (Lipinski definition) is 1. The highest BCUT2D eigenvalue weighted by molar-refractivity contribution is 5.80. The molecule has 3 aromatic rings. The lowest BCUT2D eigenvalue weighted by atomic mass is 9.92. The van der Waals surface area contributed by atoms with Crippen molar-refractivity contribution >= 4 is 11.9 Å². The first-order valence-corrected chi connectivity index (χ1v) is 10.3. The second-order valence-corrected chi connectivity index (χ2v) is 7.74. The number of halogens is 3. The van der Waals surface area contributed by atoms with E-state index in [9.17, 15) is 18.0 Å². The number of nitrogens with two attached hydrogens (primary N) is 1. The van der Waals surface area contributed by atoms with Crippen molar-refractivity contribution in [2.75, 3.05) is 12.3 Å². The van der Waals surface area contributed by atoms with Crippen LogP contribution in [-0.4, -0.2) is 32.3 Å². The number of nitrogen functional groups attached to an aromatic ring is 1. The molecule has 6 nitrogen and oxygen atoms in total. The van der Waals surface area contributed by atoms with Crippen molar-refractivity contribution in [3.05, 3.63) is 71.8 Å². The fourth-order valence-corrected chi connectivity index (χ4v) is 4.04. The van der Waals surface area contributed by atoms with Gasteiger partial charge in [-0.15, -0.1) is 0 Å². The van der Waals surface area contributed by atoms with Crippen LogP contribution in [0.25, 0.3) is 11.1 Å². The number of pyridine rings is 1. The third kappa shape index (κ3) is 4.71. The zero-order chi connectivity index (χ0) is 22.7. The Hall–Kier alpha value is -3.49. The molecule has 1 saturated heterocycles. The summed E-state index contributed by atoms with van der Waals surface area (Å²) in [6.45, 7) is 0.542. The van der Waals surface area contributed by atoms with Gasteiger partial charge in [0.15, 0.2) is 0 Å². The molecule has 1 fully saturated rings. The average molecular weight is 441 g/mol. The summed E-state index contributed by atoms with van der Waals surface area (Å²) in [6.07, 6.45) is 2.80.